The number of esters is 1. The van der Waals surface area contributed by atoms with E-state index in [4.69, 9.17) is 15.2 Å². The average Bonchev–Trinajstić information content (AvgIpc) is 2.84. The van der Waals surface area contributed by atoms with Gasteiger partial charge in [-0.3, -0.25) is 9.59 Å². The third-order valence-corrected chi connectivity index (χ3v) is 6.60. The van der Waals surface area contributed by atoms with Crippen LogP contribution in [-0.2, 0) is 32.1 Å². The van der Waals surface area contributed by atoms with Gasteiger partial charge in [-0.2, -0.15) is 0 Å². The molecule has 2 aromatic carbocycles. The smallest absolute Gasteiger partial charge is 0.312 e. The summed E-state index contributed by atoms with van der Waals surface area (Å²) in [7, 11) is 1.52. The number of benzene rings is 2. The number of ether oxygens (including phenoxy) is 2. The number of amides is 1. The molecule has 210 valence electrons. The van der Waals surface area contributed by atoms with Crippen LogP contribution in [0.25, 0.3) is 0 Å². The van der Waals surface area contributed by atoms with E-state index in [1.807, 2.05) is 74.5 Å². The van der Waals surface area contributed by atoms with Crippen molar-refractivity contribution in [3.8, 4) is 0 Å². The van der Waals surface area contributed by atoms with E-state index in [9.17, 15) is 14.7 Å². The number of hydrogen-bond acceptors (Lipinski definition) is 6. The van der Waals surface area contributed by atoms with Crippen molar-refractivity contribution < 1.29 is 24.2 Å². The zero-order valence-electron chi connectivity index (χ0n) is 23.8. The van der Waals surface area contributed by atoms with Gasteiger partial charge in [0.1, 0.15) is 11.1 Å². The molecule has 38 heavy (non-hydrogen) atoms. The second-order valence-corrected chi connectivity index (χ2v) is 12.0. The van der Waals surface area contributed by atoms with E-state index in [1.54, 1.807) is 20.8 Å². The van der Waals surface area contributed by atoms with Gasteiger partial charge >= 0.3 is 5.97 Å². The van der Waals surface area contributed by atoms with E-state index < -0.39 is 35.0 Å². The van der Waals surface area contributed by atoms with Gasteiger partial charge in [0.05, 0.1) is 18.6 Å². The molecule has 0 fully saturated rings. The van der Waals surface area contributed by atoms with Crippen molar-refractivity contribution in [1.29, 1.82) is 0 Å². The fraction of sp³-hybridized carbons (Fsp3) is 0.548. The Morgan fingerprint density at radius 2 is 1.47 bits per heavy atom. The monoisotopic (exact) mass is 526 g/mol. The Morgan fingerprint density at radius 1 is 0.921 bits per heavy atom. The molecule has 0 spiro atoms. The van der Waals surface area contributed by atoms with E-state index in [1.165, 1.54) is 7.05 Å². The first-order chi connectivity index (χ1) is 17.7. The van der Waals surface area contributed by atoms with E-state index in [2.05, 4.69) is 5.32 Å². The summed E-state index contributed by atoms with van der Waals surface area (Å²) in [5.41, 5.74) is 6.12. The number of nitrogens with two attached hydrogens (primary N) is 1. The molecule has 0 aromatic heterocycles. The van der Waals surface area contributed by atoms with E-state index >= 15 is 0 Å². The third-order valence-electron chi connectivity index (χ3n) is 6.60. The summed E-state index contributed by atoms with van der Waals surface area (Å²) < 4.78 is 11.6. The summed E-state index contributed by atoms with van der Waals surface area (Å²) in [6.07, 6.45) is -0.0131. The molecule has 1 amide bonds. The summed E-state index contributed by atoms with van der Waals surface area (Å²) in [6.45, 7) is 10.5. The Bertz CT molecular complexity index is 1000. The standard InChI is InChI=1S/C31H46N2O5/c1-29(2,3)38-27(35)25(20-30(4,5)17-18-37-22-24-15-11-8-12-16-24)26(34)21-31(32,28(36)33-6)19-23-13-9-7-10-14-23/h7-16,25-26,34H,17-22,32H2,1-6H3,(H,33,36)/t25-,26-,31+/m0/s1. The first kappa shape index (κ1) is 31.5. The lowest BCUT2D eigenvalue weighted by Gasteiger charge is -2.36. The first-order valence-corrected chi connectivity index (χ1v) is 13.3. The molecule has 0 aliphatic heterocycles. The minimum atomic E-state index is -1.40. The molecule has 0 bridgehead atoms. The van der Waals surface area contributed by atoms with Gasteiger partial charge in [0, 0.05) is 20.1 Å². The largest absolute Gasteiger partial charge is 0.460 e. The SMILES string of the molecule is CNC(=O)[C@@](N)(Cc1ccccc1)C[C@H](O)[C@H](CC(C)(C)CCOCc1ccccc1)C(=O)OC(C)(C)C. The van der Waals surface area contributed by atoms with Crippen LogP contribution < -0.4 is 11.1 Å². The van der Waals surface area contributed by atoms with Gasteiger partial charge in [-0.05, 0) is 56.6 Å². The third kappa shape index (κ3) is 10.6. The molecular weight excluding hydrogens is 480 g/mol. The Balaban J connectivity index is 2.17. The van der Waals surface area contributed by atoms with Crippen molar-refractivity contribution >= 4 is 11.9 Å². The molecule has 4 N–H and O–H groups in total. The second-order valence-electron chi connectivity index (χ2n) is 12.0. The highest BCUT2D eigenvalue weighted by molar-refractivity contribution is 5.86. The molecule has 0 aliphatic rings. The molecule has 0 radical (unpaired) electrons. The number of carbonyl (C=O) groups excluding carboxylic acids is 2. The topological polar surface area (TPSA) is 111 Å². The van der Waals surface area contributed by atoms with Crippen molar-refractivity contribution in [3.63, 3.8) is 0 Å². The number of aliphatic hydroxyl groups is 1. The maximum absolute atomic E-state index is 13.3. The van der Waals surface area contributed by atoms with Crippen LogP contribution in [0.2, 0.25) is 0 Å². The maximum atomic E-state index is 13.3. The number of nitrogens with one attached hydrogen (secondary N) is 1. The summed E-state index contributed by atoms with van der Waals surface area (Å²) in [5, 5.41) is 14.1. The van der Waals surface area contributed by atoms with Gasteiger partial charge in [0.2, 0.25) is 5.91 Å². The normalized spacial score (nSPS) is 15.3. The van der Waals surface area contributed by atoms with Crippen LogP contribution in [-0.4, -0.2) is 47.9 Å². The zero-order chi connectivity index (χ0) is 28.4. The Kier molecular flexibility index (Phi) is 11.5. The van der Waals surface area contributed by atoms with Crippen molar-refractivity contribution in [3.05, 3.63) is 71.8 Å². The van der Waals surface area contributed by atoms with Crippen LogP contribution in [0, 0.1) is 11.3 Å². The quantitative estimate of drug-likeness (QED) is 0.249. The van der Waals surface area contributed by atoms with Crippen LogP contribution in [0.3, 0.4) is 0 Å². The highest BCUT2D eigenvalue weighted by Gasteiger charge is 2.42. The molecule has 3 atom stereocenters. The fourth-order valence-corrected chi connectivity index (χ4v) is 4.53. The second kappa shape index (κ2) is 13.9. The Morgan fingerprint density at radius 3 is 2.00 bits per heavy atom. The highest BCUT2D eigenvalue weighted by atomic mass is 16.6. The summed E-state index contributed by atoms with van der Waals surface area (Å²) in [5.74, 6) is -1.75. The number of hydrogen-bond donors (Lipinski definition) is 3. The fourth-order valence-electron chi connectivity index (χ4n) is 4.53. The molecule has 0 unspecified atom stereocenters. The van der Waals surface area contributed by atoms with Gasteiger partial charge in [0.25, 0.3) is 0 Å². The van der Waals surface area contributed by atoms with Gasteiger partial charge in [-0.25, -0.2) is 0 Å². The average molecular weight is 527 g/mol. The van der Waals surface area contributed by atoms with E-state index in [0.717, 1.165) is 11.1 Å². The van der Waals surface area contributed by atoms with Crippen molar-refractivity contribution in [2.24, 2.45) is 17.1 Å². The first-order valence-electron chi connectivity index (χ1n) is 13.3. The molecule has 0 saturated carbocycles. The van der Waals surface area contributed by atoms with E-state index in [-0.39, 0.29) is 18.3 Å². The Hall–Kier alpha value is -2.74. The van der Waals surface area contributed by atoms with Crippen molar-refractivity contribution in [2.45, 2.75) is 84.2 Å². The molecular formula is C31H46N2O5. The number of aliphatic hydroxyl groups excluding tert-OH is 1. The predicted molar refractivity (Wildman–Crippen MR) is 150 cm³/mol. The van der Waals surface area contributed by atoms with E-state index in [0.29, 0.717) is 26.1 Å². The van der Waals surface area contributed by atoms with Crippen LogP contribution in [0.4, 0.5) is 0 Å². The van der Waals surface area contributed by atoms with Crippen molar-refractivity contribution in [2.75, 3.05) is 13.7 Å². The summed E-state index contributed by atoms with van der Waals surface area (Å²) >= 11 is 0. The van der Waals surface area contributed by atoms with Gasteiger partial charge in [0.15, 0.2) is 0 Å². The minimum absolute atomic E-state index is 0.0912. The lowest BCUT2D eigenvalue weighted by Crippen LogP contribution is -2.57. The van der Waals surface area contributed by atoms with Crippen LogP contribution in [0.15, 0.2) is 60.7 Å². The lowest BCUT2D eigenvalue weighted by atomic mass is 9.75. The number of rotatable bonds is 14. The van der Waals surface area contributed by atoms with Crippen LogP contribution in [0.1, 0.15) is 65.0 Å². The lowest BCUT2D eigenvalue weighted by molar-refractivity contribution is -0.166. The van der Waals surface area contributed by atoms with Gasteiger partial charge < -0.3 is 25.6 Å². The summed E-state index contributed by atoms with van der Waals surface area (Å²) in [4.78, 5) is 26.2. The van der Waals surface area contributed by atoms with Gasteiger partial charge in [-0.1, -0.05) is 74.5 Å². The predicted octanol–water partition coefficient (Wildman–Crippen LogP) is 4.40. The maximum Gasteiger partial charge on any atom is 0.312 e. The number of carbonyl (C=O) groups is 2. The highest BCUT2D eigenvalue weighted by Crippen LogP contribution is 2.34. The summed E-state index contributed by atoms with van der Waals surface area (Å²) in [6, 6.07) is 19.4. The Labute approximate surface area is 228 Å². The molecule has 0 heterocycles. The molecule has 0 saturated heterocycles. The number of likely N-dealkylation sites (N-methyl/N-ethyl adjacent to an activating group) is 1. The van der Waals surface area contributed by atoms with Crippen molar-refractivity contribution in [1.82, 2.24) is 5.32 Å². The zero-order valence-corrected chi connectivity index (χ0v) is 23.8. The van der Waals surface area contributed by atoms with Gasteiger partial charge in [-0.15, -0.1) is 0 Å². The van der Waals surface area contributed by atoms with Crippen LogP contribution in [0.5, 0.6) is 0 Å². The molecule has 7 nitrogen and oxygen atoms in total. The molecule has 2 aromatic rings. The molecule has 7 heteroatoms. The van der Waals surface area contributed by atoms with Crippen LogP contribution >= 0.6 is 0 Å². The minimum Gasteiger partial charge on any atom is -0.460 e. The molecule has 2 rings (SSSR count). The molecule has 0 aliphatic carbocycles.